The third kappa shape index (κ3) is 3.58. The number of nitrogens with zero attached hydrogens (tertiary/aromatic N) is 5. The Labute approximate surface area is 189 Å². The van der Waals surface area contributed by atoms with Crippen LogP contribution in [0.5, 0.6) is 0 Å². The second-order valence-electron chi connectivity index (χ2n) is 10.2. The van der Waals surface area contributed by atoms with Crippen molar-refractivity contribution in [2.75, 3.05) is 39.0 Å². The van der Waals surface area contributed by atoms with E-state index in [1.165, 1.54) is 24.3 Å². The third-order valence-corrected chi connectivity index (χ3v) is 7.61. The van der Waals surface area contributed by atoms with Gasteiger partial charge in [-0.3, -0.25) is 14.2 Å². The predicted octanol–water partition coefficient (Wildman–Crippen LogP) is 2.68. The molecule has 1 N–H and O–H groups in total. The summed E-state index contributed by atoms with van der Waals surface area (Å²) >= 11 is 0. The molecular weight excluding hydrogens is 404 g/mol. The lowest BCUT2D eigenvalue weighted by molar-refractivity contribution is -0.0884. The Balaban J connectivity index is 1.44. The molecule has 3 saturated carbocycles. The summed E-state index contributed by atoms with van der Waals surface area (Å²) in [5.74, 6) is 1.02. The number of fused-ring (bicyclic) bond motifs is 1. The predicted molar refractivity (Wildman–Crippen MR) is 125 cm³/mol. The molecule has 0 atom stereocenters. The summed E-state index contributed by atoms with van der Waals surface area (Å²) in [7, 11) is 3.35. The summed E-state index contributed by atoms with van der Waals surface area (Å²) in [5.41, 5.74) is 0.472. The van der Waals surface area contributed by atoms with Crippen molar-refractivity contribution in [1.82, 2.24) is 24.3 Å². The van der Waals surface area contributed by atoms with Crippen molar-refractivity contribution in [2.24, 2.45) is 5.92 Å². The number of aromatic nitrogens is 3. The molecule has 4 aliphatic rings. The van der Waals surface area contributed by atoms with Gasteiger partial charge in [-0.05, 0) is 57.1 Å². The Morgan fingerprint density at radius 2 is 1.97 bits per heavy atom. The SMILES string of the molecule is CCCCN1CCC(Nc2ncc3cc(C(=O)N(C)C)c(=O)n(C45CC(C4)C5)c3n2)CC1. The molecular formula is C24H34N6O2. The molecule has 1 aliphatic heterocycles. The highest BCUT2D eigenvalue weighted by Gasteiger charge is 2.59. The molecule has 8 nitrogen and oxygen atoms in total. The van der Waals surface area contributed by atoms with Gasteiger partial charge in [-0.15, -0.1) is 0 Å². The van der Waals surface area contributed by atoms with E-state index in [1.807, 2.05) is 4.57 Å². The van der Waals surface area contributed by atoms with Crippen molar-refractivity contribution in [3.8, 4) is 0 Å². The molecule has 3 aliphatic carbocycles. The molecule has 2 bridgehead atoms. The Bertz CT molecular complexity index is 1070. The maximum absolute atomic E-state index is 13.4. The van der Waals surface area contributed by atoms with Gasteiger partial charge in [-0.2, -0.15) is 4.98 Å². The molecule has 2 aromatic heterocycles. The highest BCUT2D eigenvalue weighted by molar-refractivity contribution is 5.96. The second-order valence-corrected chi connectivity index (χ2v) is 10.2. The fourth-order valence-corrected chi connectivity index (χ4v) is 5.57. The quantitative estimate of drug-likeness (QED) is 0.716. The molecule has 0 radical (unpaired) electrons. The van der Waals surface area contributed by atoms with Gasteiger partial charge in [0.2, 0.25) is 5.95 Å². The Morgan fingerprint density at radius 3 is 2.56 bits per heavy atom. The number of hydrogen-bond donors (Lipinski definition) is 1. The first kappa shape index (κ1) is 21.4. The Kier molecular flexibility index (Phi) is 5.43. The van der Waals surface area contributed by atoms with Gasteiger partial charge < -0.3 is 15.1 Å². The standard InChI is InChI=1S/C24H34N6O2/c1-4-5-8-29-9-6-18(7-10-29)26-23-25-15-17-11-19(21(31)28(2)3)22(32)30(20(17)27-23)24-12-16(13-24)14-24/h11,15-16,18H,4-10,12-14H2,1-3H3,(H,25,26,27). The fraction of sp³-hybridized carbons (Fsp3) is 0.667. The first-order valence-electron chi connectivity index (χ1n) is 12.0. The lowest BCUT2D eigenvalue weighted by Gasteiger charge is -2.62. The van der Waals surface area contributed by atoms with Crippen molar-refractivity contribution in [3.63, 3.8) is 0 Å². The highest BCUT2D eigenvalue weighted by Crippen LogP contribution is 2.62. The minimum atomic E-state index is -0.269. The number of amides is 1. The summed E-state index contributed by atoms with van der Waals surface area (Å²) in [4.78, 5) is 39.5. The van der Waals surface area contributed by atoms with Crippen LogP contribution in [0.25, 0.3) is 11.0 Å². The normalized spacial score (nSPS) is 25.3. The second kappa shape index (κ2) is 8.14. The smallest absolute Gasteiger partial charge is 0.265 e. The molecule has 2 aromatic rings. The minimum absolute atomic E-state index is 0.168. The molecule has 3 heterocycles. The number of piperidine rings is 1. The molecule has 172 valence electrons. The molecule has 4 fully saturated rings. The van der Waals surface area contributed by atoms with E-state index in [1.54, 1.807) is 26.4 Å². The van der Waals surface area contributed by atoms with Crippen LogP contribution in [0.3, 0.4) is 0 Å². The first-order valence-corrected chi connectivity index (χ1v) is 12.0. The van der Waals surface area contributed by atoms with Crippen molar-refractivity contribution < 1.29 is 4.79 Å². The van der Waals surface area contributed by atoms with Crippen LogP contribution in [-0.2, 0) is 5.54 Å². The van der Waals surface area contributed by atoms with E-state index in [2.05, 4.69) is 22.1 Å². The summed E-state index contributed by atoms with van der Waals surface area (Å²) in [6, 6.07) is 2.01. The van der Waals surface area contributed by atoms with Crippen molar-refractivity contribution in [2.45, 2.75) is 63.5 Å². The van der Waals surface area contributed by atoms with Gasteiger partial charge in [0.05, 0.1) is 5.54 Å². The van der Waals surface area contributed by atoms with Crippen LogP contribution in [0.2, 0.25) is 0 Å². The van der Waals surface area contributed by atoms with E-state index in [0.29, 0.717) is 23.6 Å². The average molecular weight is 439 g/mol. The number of nitrogens with one attached hydrogen (secondary N) is 1. The van der Waals surface area contributed by atoms with E-state index >= 15 is 0 Å². The summed E-state index contributed by atoms with van der Waals surface area (Å²) < 4.78 is 1.82. The molecule has 0 unspecified atom stereocenters. The van der Waals surface area contributed by atoms with Crippen LogP contribution in [-0.4, -0.2) is 70.0 Å². The first-order chi connectivity index (χ1) is 15.4. The maximum Gasteiger partial charge on any atom is 0.265 e. The van der Waals surface area contributed by atoms with Gasteiger partial charge in [0.1, 0.15) is 11.2 Å². The lowest BCUT2D eigenvalue weighted by atomic mass is 9.49. The van der Waals surface area contributed by atoms with Crippen molar-refractivity contribution >= 4 is 22.9 Å². The van der Waals surface area contributed by atoms with E-state index in [4.69, 9.17) is 4.98 Å². The molecule has 1 amide bonds. The van der Waals surface area contributed by atoms with Gasteiger partial charge in [0, 0.05) is 44.8 Å². The molecule has 6 rings (SSSR count). The van der Waals surface area contributed by atoms with E-state index < -0.39 is 0 Å². The van der Waals surface area contributed by atoms with Crippen LogP contribution in [0.1, 0.15) is 62.2 Å². The summed E-state index contributed by atoms with van der Waals surface area (Å²) in [6.45, 7) is 5.60. The fourth-order valence-electron chi connectivity index (χ4n) is 5.57. The summed E-state index contributed by atoms with van der Waals surface area (Å²) in [5, 5.41) is 4.26. The lowest BCUT2D eigenvalue weighted by Crippen LogP contribution is -2.62. The topological polar surface area (TPSA) is 83.4 Å². The number of pyridine rings is 1. The van der Waals surface area contributed by atoms with E-state index in [9.17, 15) is 9.59 Å². The van der Waals surface area contributed by atoms with Gasteiger partial charge in [-0.1, -0.05) is 13.3 Å². The van der Waals surface area contributed by atoms with Crippen LogP contribution in [0.15, 0.2) is 17.1 Å². The largest absolute Gasteiger partial charge is 0.351 e. The molecule has 1 saturated heterocycles. The average Bonchev–Trinajstić information content (AvgIpc) is 2.72. The Morgan fingerprint density at radius 1 is 1.25 bits per heavy atom. The van der Waals surface area contributed by atoms with Gasteiger partial charge >= 0.3 is 0 Å². The number of likely N-dealkylation sites (tertiary alicyclic amines) is 1. The van der Waals surface area contributed by atoms with E-state index in [0.717, 1.165) is 50.6 Å². The number of rotatable bonds is 7. The number of hydrogen-bond acceptors (Lipinski definition) is 6. The molecule has 0 spiro atoms. The van der Waals surface area contributed by atoms with Crippen LogP contribution < -0.4 is 10.9 Å². The van der Waals surface area contributed by atoms with Crippen LogP contribution in [0, 0.1) is 5.92 Å². The molecule has 8 heteroatoms. The molecule has 0 aromatic carbocycles. The van der Waals surface area contributed by atoms with Gasteiger partial charge in [0.25, 0.3) is 11.5 Å². The Hall–Kier alpha value is -2.48. The summed E-state index contributed by atoms with van der Waals surface area (Å²) in [6.07, 6.45) is 9.40. The highest BCUT2D eigenvalue weighted by atomic mass is 16.2. The van der Waals surface area contributed by atoms with E-state index in [-0.39, 0.29) is 22.6 Å². The number of anilines is 1. The van der Waals surface area contributed by atoms with Gasteiger partial charge in [0.15, 0.2) is 0 Å². The third-order valence-electron chi connectivity index (χ3n) is 7.61. The number of carbonyl (C=O) groups is 1. The zero-order chi connectivity index (χ0) is 22.5. The number of unbranched alkanes of at least 4 members (excludes halogenated alkanes) is 1. The minimum Gasteiger partial charge on any atom is -0.351 e. The number of carbonyl (C=O) groups excluding carboxylic acids is 1. The zero-order valence-corrected chi connectivity index (χ0v) is 19.4. The van der Waals surface area contributed by atoms with Crippen LogP contribution >= 0.6 is 0 Å². The zero-order valence-electron chi connectivity index (χ0n) is 19.4. The van der Waals surface area contributed by atoms with Crippen molar-refractivity contribution in [3.05, 3.63) is 28.2 Å². The van der Waals surface area contributed by atoms with Crippen molar-refractivity contribution in [1.29, 1.82) is 0 Å². The maximum atomic E-state index is 13.4. The molecule has 32 heavy (non-hydrogen) atoms. The monoisotopic (exact) mass is 438 g/mol. The van der Waals surface area contributed by atoms with Crippen LogP contribution in [0.4, 0.5) is 5.95 Å². The van der Waals surface area contributed by atoms with Gasteiger partial charge in [-0.25, -0.2) is 4.98 Å².